The van der Waals surface area contributed by atoms with E-state index in [0.717, 1.165) is 11.1 Å². The molecule has 0 atom stereocenters. The van der Waals surface area contributed by atoms with Crippen molar-refractivity contribution in [2.75, 3.05) is 19.5 Å². The molecular weight excluding hydrogens is 568 g/mol. The van der Waals surface area contributed by atoms with Gasteiger partial charge in [0.05, 0.1) is 55.8 Å². The Morgan fingerprint density at radius 3 is 2.55 bits per heavy atom. The summed E-state index contributed by atoms with van der Waals surface area (Å²) in [6.07, 6.45) is 0.936. The third-order valence-corrected chi connectivity index (χ3v) is 7.17. The lowest BCUT2D eigenvalue weighted by Crippen LogP contribution is -2.27. The van der Waals surface area contributed by atoms with Gasteiger partial charge in [-0.2, -0.15) is 0 Å². The van der Waals surface area contributed by atoms with Crippen LogP contribution in [-0.2, 0) is 13.1 Å². The fraction of sp³-hybridized carbons (Fsp3) is 0.240. The van der Waals surface area contributed by atoms with Crippen LogP contribution >= 0.6 is 22.9 Å². The van der Waals surface area contributed by atoms with Crippen LogP contribution in [0.4, 0.5) is 13.9 Å². The first-order valence-electron chi connectivity index (χ1n) is 11.6. The molecule has 5 rings (SSSR count). The summed E-state index contributed by atoms with van der Waals surface area (Å²) in [5.74, 6) is -0.834. The minimum atomic E-state index is -2.85. The number of nitrogens with zero attached hydrogens (tertiary/aromatic N) is 6. The maximum Gasteiger partial charge on any atom is 0.282 e. The summed E-state index contributed by atoms with van der Waals surface area (Å²) in [5, 5.41) is 3.38. The largest absolute Gasteiger partial charge is 0.494 e. The number of aryl methyl sites for hydroxylation is 1. The van der Waals surface area contributed by atoms with Crippen LogP contribution in [-0.4, -0.2) is 55.9 Å². The van der Waals surface area contributed by atoms with Crippen LogP contribution in [0.15, 0.2) is 30.7 Å². The monoisotopic (exact) mass is 587 g/mol. The number of rotatable bonds is 7. The van der Waals surface area contributed by atoms with E-state index in [1.807, 2.05) is 0 Å². The molecule has 0 saturated heterocycles. The molecule has 15 heteroatoms. The summed E-state index contributed by atoms with van der Waals surface area (Å²) in [7, 11) is 2.72. The average molecular weight is 588 g/mol. The lowest BCUT2D eigenvalue weighted by Gasteiger charge is -2.16. The third kappa shape index (κ3) is 5.27. The van der Waals surface area contributed by atoms with E-state index in [1.54, 1.807) is 19.1 Å². The topological polar surface area (TPSA) is 132 Å². The number of carbonyl (C=O) groups excluding carboxylic acids is 2. The van der Waals surface area contributed by atoms with Crippen LogP contribution in [0.2, 0.25) is 5.15 Å². The van der Waals surface area contributed by atoms with Crippen LogP contribution in [0.3, 0.4) is 0 Å². The van der Waals surface area contributed by atoms with Crippen molar-refractivity contribution in [3.05, 3.63) is 69.1 Å². The van der Waals surface area contributed by atoms with Crippen molar-refractivity contribution in [2.45, 2.75) is 26.4 Å². The second kappa shape index (κ2) is 11.1. The number of halogens is 3. The molecule has 5 heterocycles. The number of carbonyl (C=O) groups is 2. The molecule has 4 aromatic heterocycles. The van der Waals surface area contributed by atoms with Crippen molar-refractivity contribution in [3.63, 3.8) is 0 Å². The molecule has 2 amide bonds. The second-order valence-electron chi connectivity index (χ2n) is 8.54. The Bertz CT molecular complexity index is 1610. The molecule has 0 fully saturated rings. The Morgan fingerprint density at radius 2 is 1.85 bits per heavy atom. The Labute approximate surface area is 235 Å². The normalized spacial score (nSPS) is 12.4. The molecule has 0 saturated carbocycles. The van der Waals surface area contributed by atoms with Gasteiger partial charge in [-0.3, -0.25) is 19.9 Å². The second-order valence-corrected chi connectivity index (χ2v) is 10.0. The van der Waals surface area contributed by atoms with Crippen molar-refractivity contribution >= 4 is 39.9 Å². The standard InChI is InChI=1S/C25H20ClF2N7O4S/c1-11-4-12(13-5-19(26)30-8-17(13)38-2)14(6-29-11)22(36)34-25-33-16-9-35(10-18(16)40-25)24(37)20-23(39-3)32-15(7-31-20)21(27)28/h4-8,21H,9-10H2,1-3H3,(H,33,34,36). The van der Waals surface area contributed by atoms with Crippen LogP contribution < -0.4 is 14.8 Å². The van der Waals surface area contributed by atoms with Crippen molar-refractivity contribution in [1.82, 2.24) is 29.8 Å². The molecule has 0 bridgehead atoms. The molecule has 40 heavy (non-hydrogen) atoms. The molecule has 0 spiro atoms. The number of ether oxygens (including phenoxy) is 2. The van der Waals surface area contributed by atoms with E-state index in [0.29, 0.717) is 33.4 Å². The summed E-state index contributed by atoms with van der Waals surface area (Å²) in [5.41, 5.74) is 1.92. The van der Waals surface area contributed by atoms with Gasteiger partial charge in [0.1, 0.15) is 16.6 Å². The SMILES string of the molecule is COc1cnc(Cl)cc1-c1cc(C)ncc1C(=O)Nc1nc2c(s1)CN(C(=O)c1ncc(C(F)F)nc1OC)C2. The molecule has 0 radical (unpaired) electrons. The number of anilines is 1. The van der Waals surface area contributed by atoms with Gasteiger partial charge >= 0.3 is 0 Å². The zero-order chi connectivity index (χ0) is 28.6. The molecule has 0 aromatic carbocycles. The predicted octanol–water partition coefficient (Wildman–Crippen LogP) is 4.72. The van der Waals surface area contributed by atoms with E-state index >= 15 is 0 Å². The number of alkyl halides is 2. The van der Waals surface area contributed by atoms with Gasteiger partial charge in [-0.05, 0) is 19.1 Å². The first-order valence-corrected chi connectivity index (χ1v) is 12.8. The Hall–Kier alpha value is -4.30. The molecule has 1 aliphatic heterocycles. The van der Waals surface area contributed by atoms with E-state index in [2.05, 4.69) is 30.2 Å². The van der Waals surface area contributed by atoms with E-state index in [1.165, 1.54) is 42.8 Å². The molecule has 0 unspecified atom stereocenters. The summed E-state index contributed by atoms with van der Waals surface area (Å²) < 4.78 is 36.3. The smallest absolute Gasteiger partial charge is 0.282 e. The quantitative estimate of drug-likeness (QED) is 0.305. The van der Waals surface area contributed by atoms with Crippen molar-refractivity contribution in [2.24, 2.45) is 0 Å². The summed E-state index contributed by atoms with van der Waals surface area (Å²) in [6, 6.07) is 3.36. The number of amides is 2. The number of pyridine rings is 2. The lowest BCUT2D eigenvalue weighted by molar-refractivity contribution is 0.0738. The van der Waals surface area contributed by atoms with Crippen molar-refractivity contribution in [3.8, 4) is 22.8 Å². The Balaban J connectivity index is 1.34. The summed E-state index contributed by atoms with van der Waals surface area (Å²) in [4.78, 5) is 48.8. The highest BCUT2D eigenvalue weighted by Crippen LogP contribution is 2.36. The molecule has 11 nitrogen and oxygen atoms in total. The van der Waals surface area contributed by atoms with Gasteiger partial charge in [0.15, 0.2) is 10.8 Å². The average Bonchev–Trinajstić information content (AvgIpc) is 3.51. The van der Waals surface area contributed by atoms with E-state index < -0.39 is 23.9 Å². The van der Waals surface area contributed by atoms with Crippen molar-refractivity contribution < 1.29 is 27.8 Å². The molecule has 206 valence electrons. The Morgan fingerprint density at radius 1 is 1.05 bits per heavy atom. The number of nitrogens with one attached hydrogen (secondary N) is 1. The van der Waals surface area contributed by atoms with Gasteiger partial charge in [0, 0.05) is 23.0 Å². The first kappa shape index (κ1) is 27.3. The molecule has 1 N–H and O–H groups in total. The molecular formula is C25H20ClF2N7O4S. The minimum Gasteiger partial charge on any atom is -0.494 e. The minimum absolute atomic E-state index is 0.131. The van der Waals surface area contributed by atoms with Gasteiger partial charge in [-0.1, -0.05) is 22.9 Å². The maximum atomic E-state index is 13.3. The highest BCUT2D eigenvalue weighted by molar-refractivity contribution is 7.16. The zero-order valence-corrected chi connectivity index (χ0v) is 22.8. The number of fused-ring (bicyclic) bond motifs is 1. The highest BCUT2D eigenvalue weighted by Gasteiger charge is 2.32. The number of methoxy groups -OCH3 is 2. The number of hydrogen-bond acceptors (Lipinski definition) is 10. The fourth-order valence-corrected chi connectivity index (χ4v) is 5.22. The van der Waals surface area contributed by atoms with Crippen LogP contribution in [0.1, 0.15) is 49.2 Å². The van der Waals surface area contributed by atoms with Gasteiger partial charge in [0.2, 0.25) is 5.88 Å². The van der Waals surface area contributed by atoms with E-state index in [-0.39, 0.29) is 35.4 Å². The van der Waals surface area contributed by atoms with E-state index in [4.69, 9.17) is 21.1 Å². The fourth-order valence-electron chi connectivity index (χ4n) is 4.08. The number of thiazole rings is 1. The number of aromatic nitrogens is 5. The van der Waals surface area contributed by atoms with Crippen molar-refractivity contribution in [1.29, 1.82) is 0 Å². The maximum absolute atomic E-state index is 13.3. The number of hydrogen-bond donors (Lipinski definition) is 1. The predicted molar refractivity (Wildman–Crippen MR) is 141 cm³/mol. The van der Waals surface area contributed by atoms with E-state index in [9.17, 15) is 18.4 Å². The van der Waals surface area contributed by atoms with Crippen LogP contribution in [0.5, 0.6) is 11.6 Å². The van der Waals surface area contributed by atoms with Gasteiger partial charge in [0.25, 0.3) is 18.2 Å². The highest BCUT2D eigenvalue weighted by atomic mass is 35.5. The first-order chi connectivity index (χ1) is 19.2. The van der Waals surface area contributed by atoms with Crippen LogP contribution in [0.25, 0.3) is 11.1 Å². The molecule has 1 aliphatic rings. The molecule has 4 aromatic rings. The third-order valence-electron chi connectivity index (χ3n) is 5.97. The summed E-state index contributed by atoms with van der Waals surface area (Å²) in [6.45, 7) is 2.12. The summed E-state index contributed by atoms with van der Waals surface area (Å²) >= 11 is 7.33. The van der Waals surface area contributed by atoms with Gasteiger partial charge < -0.3 is 14.4 Å². The molecule has 0 aliphatic carbocycles. The van der Waals surface area contributed by atoms with Gasteiger partial charge in [-0.25, -0.2) is 28.7 Å². The zero-order valence-electron chi connectivity index (χ0n) is 21.2. The Kier molecular flexibility index (Phi) is 7.54. The van der Waals surface area contributed by atoms with Crippen LogP contribution in [0, 0.1) is 6.92 Å². The van der Waals surface area contributed by atoms with Gasteiger partial charge in [-0.15, -0.1) is 0 Å². The lowest BCUT2D eigenvalue weighted by atomic mass is 10.0.